The lowest BCUT2D eigenvalue weighted by Gasteiger charge is -2.36. The summed E-state index contributed by atoms with van der Waals surface area (Å²) in [5.41, 5.74) is 1.17. The van der Waals surface area contributed by atoms with E-state index in [1.807, 2.05) is 0 Å². The van der Waals surface area contributed by atoms with E-state index < -0.39 is 34.3 Å². The predicted molar refractivity (Wildman–Crippen MR) is 103 cm³/mol. The molecule has 0 bridgehead atoms. The van der Waals surface area contributed by atoms with Crippen molar-refractivity contribution in [1.82, 2.24) is 0 Å². The zero-order valence-corrected chi connectivity index (χ0v) is 16.2. The van der Waals surface area contributed by atoms with E-state index in [2.05, 4.69) is 4.72 Å². The molecule has 0 spiro atoms. The zero-order valence-electron chi connectivity index (χ0n) is 15.4. The summed E-state index contributed by atoms with van der Waals surface area (Å²) < 4.78 is 39.4. The summed E-state index contributed by atoms with van der Waals surface area (Å²) in [6, 6.07) is 13.0. The third-order valence-corrected chi connectivity index (χ3v) is 6.60. The number of aliphatic hydroxyl groups excluding tert-OH is 1. The van der Waals surface area contributed by atoms with Crippen molar-refractivity contribution in [3.05, 3.63) is 54.1 Å². The normalized spacial score (nSPS) is 25.6. The molecule has 2 aromatic rings. The summed E-state index contributed by atoms with van der Waals surface area (Å²) >= 11 is 0. The quantitative estimate of drug-likeness (QED) is 0.654. The van der Waals surface area contributed by atoms with Gasteiger partial charge in [0.15, 0.2) is 0 Å². The summed E-state index contributed by atoms with van der Waals surface area (Å²) in [4.78, 5) is 11.3. The van der Waals surface area contributed by atoms with Crippen LogP contribution in [0.5, 0.6) is 5.75 Å². The van der Waals surface area contributed by atoms with Crippen molar-refractivity contribution in [3.8, 4) is 5.75 Å². The first-order valence-corrected chi connectivity index (χ1v) is 10.7. The lowest BCUT2D eigenvalue weighted by atomic mass is 9.84. The van der Waals surface area contributed by atoms with Crippen LogP contribution >= 0.6 is 0 Å². The second-order valence-corrected chi connectivity index (χ2v) is 8.86. The maximum absolute atomic E-state index is 12.6. The van der Waals surface area contributed by atoms with Crippen molar-refractivity contribution in [1.29, 1.82) is 0 Å². The van der Waals surface area contributed by atoms with E-state index >= 15 is 0 Å². The third-order valence-electron chi connectivity index (χ3n) is 5.21. The molecule has 0 amide bonds. The van der Waals surface area contributed by atoms with Crippen LogP contribution in [0.4, 0.5) is 5.69 Å². The molecule has 1 saturated heterocycles. The highest BCUT2D eigenvalue weighted by Crippen LogP contribution is 2.47. The molecular weight excluding hydrogens is 398 g/mol. The molecule has 2 aromatic carbocycles. The molecule has 2 aliphatic rings. The van der Waals surface area contributed by atoms with E-state index in [4.69, 9.17) is 14.6 Å². The number of anilines is 1. The van der Waals surface area contributed by atoms with Crippen LogP contribution in [0.15, 0.2) is 53.4 Å². The average Bonchev–Trinajstić information content (AvgIpc) is 3.05. The van der Waals surface area contributed by atoms with Crippen molar-refractivity contribution in [2.75, 3.05) is 11.3 Å². The Bertz CT molecular complexity index is 1010. The highest BCUT2D eigenvalue weighted by molar-refractivity contribution is 7.92. The predicted octanol–water partition coefficient (Wildman–Crippen LogP) is 1.96. The lowest BCUT2D eigenvalue weighted by Crippen LogP contribution is -2.46. The minimum Gasteiger partial charge on any atom is -0.487 e. The molecule has 4 rings (SSSR count). The molecule has 0 aromatic heterocycles. The third kappa shape index (κ3) is 3.93. The number of hydrogen-bond acceptors (Lipinski definition) is 6. The van der Waals surface area contributed by atoms with E-state index in [1.165, 1.54) is 12.1 Å². The molecule has 29 heavy (non-hydrogen) atoms. The van der Waals surface area contributed by atoms with Gasteiger partial charge in [-0.1, -0.05) is 18.2 Å². The maximum Gasteiger partial charge on any atom is 0.305 e. The lowest BCUT2D eigenvalue weighted by molar-refractivity contribution is -0.153. The van der Waals surface area contributed by atoms with Gasteiger partial charge in [0.2, 0.25) is 0 Å². The van der Waals surface area contributed by atoms with Gasteiger partial charge in [-0.2, -0.15) is 0 Å². The Morgan fingerprint density at radius 1 is 1.17 bits per heavy atom. The largest absolute Gasteiger partial charge is 0.487 e. The first-order chi connectivity index (χ1) is 13.9. The van der Waals surface area contributed by atoms with Gasteiger partial charge in [-0.3, -0.25) is 9.52 Å². The molecule has 0 aliphatic carbocycles. The number of ether oxygens (including phenoxy) is 2. The molecule has 9 heteroatoms. The van der Waals surface area contributed by atoms with Crippen molar-refractivity contribution >= 4 is 21.7 Å². The van der Waals surface area contributed by atoms with Crippen LogP contribution in [-0.4, -0.2) is 49.5 Å². The fourth-order valence-electron chi connectivity index (χ4n) is 3.96. The number of carboxylic acid groups (broad SMARTS) is 1. The van der Waals surface area contributed by atoms with Gasteiger partial charge in [0, 0.05) is 17.2 Å². The summed E-state index contributed by atoms with van der Waals surface area (Å²) in [5.74, 6) is -0.587. The summed E-state index contributed by atoms with van der Waals surface area (Å²) in [7, 11) is -3.74. The number of aliphatic carboxylic acids is 1. The number of carboxylic acids is 1. The number of benzene rings is 2. The van der Waals surface area contributed by atoms with Crippen molar-refractivity contribution in [2.45, 2.75) is 42.0 Å². The molecule has 2 aliphatic heterocycles. The molecule has 8 nitrogen and oxygen atoms in total. The fourth-order valence-corrected chi connectivity index (χ4v) is 5.03. The van der Waals surface area contributed by atoms with Crippen LogP contribution < -0.4 is 9.46 Å². The smallest absolute Gasteiger partial charge is 0.305 e. The van der Waals surface area contributed by atoms with Crippen molar-refractivity contribution < 1.29 is 32.9 Å². The topological polar surface area (TPSA) is 122 Å². The number of rotatable bonds is 6. The molecule has 1 fully saturated rings. The number of carbonyl (C=O) groups is 1. The van der Waals surface area contributed by atoms with Gasteiger partial charge in [-0.15, -0.1) is 0 Å². The van der Waals surface area contributed by atoms with Crippen LogP contribution in [0.2, 0.25) is 0 Å². The van der Waals surface area contributed by atoms with E-state index in [-0.39, 0.29) is 23.8 Å². The molecule has 0 radical (unpaired) electrons. The monoisotopic (exact) mass is 419 g/mol. The molecule has 2 heterocycles. The van der Waals surface area contributed by atoms with Crippen LogP contribution in [0.25, 0.3) is 0 Å². The summed E-state index contributed by atoms with van der Waals surface area (Å²) in [5, 5.41) is 18.7. The molecule has 4 atom stereocenters. The first-order valence-electron chi connectivity index (χ1n) is 9.24. The van der Waals surface area contributed by atoms with Crippen LogP contribution in [0.3, 0.4) is 0 Å². The molecular formula is C20H21NO7S. The van der Waals surface area contributed by atoms with E-state index in [0.717, 1.165) is 5.56 Å². The van der Waals surface area contributed by atoms with Gasteiger partial charge in [0.1, 0.15) is 18.0 Å². The SMILES string of the molecule is O=C(O)C[C@H]1C[C@H]2c3cc(NS(=O)(=O)c4ccccc4)ccc3O[C@H]2[C@H](CO)O1. The van der Waals surface area contributed by atoms with E-state index in [0.29, 0.717) is 17.9 Å². The van der Waals surface area contributed by atoms with Crippen molar-refractivity contribution in [2.24, 2.45) is 0 Å². The Kier molecular flexibility index (Phi) is 5.20. The van der Waals surface area contributed by atoms with Gasteiger partial charge >= 0.3 is 5.97 Å². The van der Waals surface area contributed by atoms with Crippen LogP contribution in [0, 0.1) is 0 Å². The van der Waals surface area contributed by atoms with E-state index in [9.17, 15) is 18.3 Å². The van der Waals surface area contributed by atoms with Gasteiger partial charge in [0.05, 0.1) is 24.0 Å². The number of aliphatic hydroxyl groups is 1. The fraction of sp³-hybridized carbons (Fsp3) is 0.350. The molecule has 0 saturated carbocycles. The van der Waals surface area contributed by atoms with Crippen molar-refractivity contribution in [3.63, 3.8) is 0 Å². The van der Waals surface area contributed by atoms with Gasteiger partial charge in [0.25, 0.3) is 10.0 Å². The van der Waals surface area contributed by atoms with E-state index in [1.54, 1.807) is 36.4 Å². The molecule has 154 valence electrons. The van der Waals surface area contributed by atoms with Gasteiger partial charge in [-0.25, -0.2) is 8.42 Å². The van der Waals surface area contributed by atoms with Gasteiger partial charge in [-0.05, 0) is 36.8 Å². The Morgan fingerprint density at radius 3 is 2.62 bits per heavy atom. The minimum atomic E-state index is -3.74. The van der Waals surface area contributed by atoms with Crippen LogP contribution in [0.1, 0.15) is 24.3 Å². The number of sulfonamides is 1. The zero-order chi connectivity index (χ0) is 20.6. The minimum absolute atomic E-state index is 0.155. The summed E-state index contributed by atoms with van der Waals surface area (Å²) in [6.45, 7) is -0.293. The van der Waals surface area contributed by atoms with Crippen LogP contribution in [-0.2, 0) is 19.6 Å². The Hall–Kier alpha value is -2.62. The standard InChI is InChI=1S/C20H21NO7S/c22-11-18-20-16(9-13(27-18)10-19(23)24)15-8-12(6-7-17(15)28-20)21-29(25,26)14-4-2-1-3-5-14/h1-8,13,16,18,20-22H,9-11H2,(H,23,24)/t13-,16+,18+,20-/m1/s1. The highest BCUT2D eigenvalue weighted by atomic mass is 32.2. The summed E-state index contributed by atoms with van der Waals surface area (Å²) in [6.07, 6.45) is -1.40. The number of nitrogens with one attached hydrogen (secondary N) is 1. The number of fused-ring (bicyclic) bond motifs is 3. The second-order valence-electron chi connectivity index (χ2n) is 7.17. The maximum atomic E-state index is 12.6. The second kappa shape index (κ2) is 7.66. The van der Waals surface area contributed by atoms with Gasteiger partial charge < -0.3 is 19.7 Å². The molecule has 3 N–H and O–H groups in total. The highest BCUT2D eigenvalue weighted by Gasteiger charge is 2.46. The number of hydrogen-bond donors (Lipinski definition) is 3. The Labute approximate surface area is 168 Å². The molecule has 0 unspecified atom stereocenters. The Morgan fingerprint density at radius 2 is 1.93 bits per heavy atom. The first kappa shape index (κ1) is 19.7. The average molecular weight is 419 g/mol. The Balaban J connectivity index is 1.60.